The lowest BCUT2D eigenvalue weighted by Gasteiger charge is -2.14. The van der Waals surface area contributed by atoms with Gasteiger partial charge in [0.25, 0.3) is 0 Å². The monoisotopic (exact) mass is 399 g/mol. The van der Waals surface area contributed by atoms with Gasteiger partial charge >= 0.3 is 0 Å². The molecule has 6 nitrogen and oxygen atoms in total. The first-order valence-electron chi connectivity index (χ1n) is 8.73. The second-order valence-corrected chi connectivity index (χ2v) is 7.30. The second kappa shape index (κ2) is 8.86. The Morgan fingerprint density at radius 2 is 1.68 bits per heavy atom. The lowest BCUT2D eigenvalue weighted by atomic mass is 10.1. The molecule has 1 N–H and O–H groups in total. The molecule has 0 aliphatic carbocycles. The van der Waals surface area contributed by atoms with Crippen LogP contribution in [0.1, 0.15) is 28.1 Å². The van der Waals surface area contributed by atoms with E-state index < -0.39 is 5.91 Å². The number of Topliss-reactive ketones (excluding diaryl/α,β-unsaturated/α-hetero) is 1. The van der Waals surface area contributed by atoms with Crippen molar-refractivity contribution in [3.8, 4) is 11.5 Å². The fraction of sp³-hybridized carbons (Fsp3) is 0.238. The van der Waals surface area contributed by atoms with Crippen molar-refractivity contribution in [1.82, 2.24) is 5.06 Å². The first-order chi connectivity index (χ1) is 13.5. The summed E-state index contributed by atoms with van der Waals surface area (Å²) in [5.41, 5.74) is 0.817. The normalized spacial score (nSPS) is 10.7. The number of nitrogens with zero attached hydrogens (tertiary/aromatic N) is 1. The van der Waals surface area contributed by atoms with Crippen LogP contribution in [0.3, 0.4) is 0 Å². The number of fused-ring (bicyclic) bond motifs is 1. The molecule has 0 atom stereocenters. The van der Waals surface area contributed by atoms with Gasteiger partial charge < -0.3 is 9.47 Å². The molecule has 0 spiro atoms. The number of hydrogen-bond acceptors (Lipinski definition) is 6. The Hall–Kier alpha value is -2.90. The summed E-state index contributed by atoms with van der Waals surface area (Å²) in [5.74, 6) is 0.573. The third-order valence-corrected chi connectivity index (χ3v) is 5.47. The number of thiophene rings is 1. The predicted molar refractivity (Wildman–Crippen MR) is 107 cm³/mol. The molecule has 2 aromatic carbocycles. The maximum Gasteiger partial charge on any atom is 0.246 e. The van der Waals surface area contributed by atoms with Crippen molar-refractivity contribution in [3.63, 3.8) is 0 Å². The van der Waals surface area contributed by atoms with Gasteiger partial charge in [-0.15, -0.1) is 11.3 Å². The van der Waals surface area contributed by atoms with E-state index in [1.807, 2.05) is 42.5 Å². The third kappa shape index (κ3) is 4.49. The zero-order valence-corrected chi connectivity index (χ0v) is 16.5. The van der Waals surface area contributed by atoms with Crippen molar-refractivity contribution < 1.29 is 24.3 Å². The van der Waals surface area contributed by atoms with Gasteiger partial charge in [-0.2, -0.15) is 0 Å². The summed E-state index contributed by atoms with van der Waals surface area (Å²) in [5, 5.41) is 11.5. The molecule has 0 radical (unpaired) electrons. The zero-order chi connectivity index (χ0) is 20.1. The molecule has 0 aliphatic heterocycles. The Balaban J connectivity index is 1.63. The molecule has 0 saturated carbocycles. The van der Waals surface area contributed by atoms with Crippen molar-refractivity contribution in [2.75, 3.05) is 14.2 Å². The first kappa shape index (κ1) is 19.9. The SMILES string of the molecule is COc1cc2cc(C(=O)CCC(=O)N(O)Cc3ccccc3)sc2cc1OC. The zero-order valence-electron chi connectivity index (χ0n) is 15.7. The van der Waals surface area contributed by atoms with Gasteiger partial charge in [0.2, 0.25) is 5.91 Å². The number of hydrogen-bond donors (Lipinski definition) is 1. The molecule has 0 saturated heterocycles. The van der Waals surface area contributed by atoms with Crippen molar-refractivity contribution >= 4 is 33.1 Å². The van der Waals surface area contributed by atoms with Crippen LogP contribution in [-0.4, -0.2) is 36.2 Å². The number of carbonyl (C=O) groups excluding carboxylic acids is 2. The molecule has 0 aliphatic rings. The summed E-state index contributed by atoms with van der Waals surface area (Å²) < 4.78 is 11.5. The molecule has 0 bridgehead atoms. The van der Waals surface area contributed by atoms with Crippen molar-refractivity contribution in [1.29, 1.82) is 0 Å². The van der Waals surface area contributed by atoms with Crippen LogP contribution in [0.25, 0.3) is 10.1 Å². The Morgan fingerprint density at radius 1 is 1.00 bits per heavy atom. The molecule has 0 fully saturated rings. The topological polar surface area (TPSA) is 76.1 Å². The molecule has 146 valence electrons. The smallest absolute Gasteiger partial charge is 0.246 e. The Labute approximate surface area is 166 Å². The Morgan fingerprint density at radius 3 is 2.36 bits per heavy atom. The predicted octanol–water partition coefficient (Wildman–Crippen LogP) is 4.30. The third-order valence-electron chi connectivity index (χ3n) is 4.33. The van der Waals surface area contributed by atoms with Gasteiger partial charge in [-0.1, -0.05) is 30.3 Å². The van der Waals surface area contributed by atoms with Gasteiger partial charge in [0.1, 0.15) is 0 Å². The van der Waals surface area contributed by atoms with Crippen LogP contribution in [-0.2, 0) is 11.3 Å². The van der Waals surface area contributed by atoms with Crippen LogP contribution in [0.5, 0.6) is 11.5 Å². The molecule has 0 unspecified atom stereocenters. The highest BCUT2D eigenvalue weighted by molar-refractivity contribution is 7.20. The number of ketones is 1. The number of methoxy groups -OCH3 is 2. The first-order valence-corrected chi connectivity index (χ1v) is 9.55. The van der Waals surface area contributed by atoms with Crippen LogP contribution < -0.4 is 9.47 Å². The van der Waals surface area contributed by atoms with E-state index in [-0.39, 0.29) is 25.2 Å². The molecule has 3 rings (SSSR count). The van der Waals surface area contributed by atoms with E-state index >= 15 is 0 Å². The highest BCUT2D eigenvalue weighted by Crippen LogP contribution is 2.36. The molecular formula is C21H21NO5S. The van der Waals surface area contributed by atoms with E-state index in [2.05, 4.69) is 0 Å². The molecule has 1 heterocycles. The van der Waals surface area contributed by atoms with Crippen LogP contribution in [0.15, 0.2) is 48.5 Å². The summed E-state index contributed by atoms with van der Waals surface area (Å²) in [6, 6.07) is 14.6. The molecule has 28 heavy (non-hydrogen) atoms. The van der Waals surface area contributed by atoms with E-state index in [9.17, 15) is 14.8 Å². The fourth-order valence-corrected chi connectivity index (χ4v) is 3.86. The highest BCUT2D eigenvalue weighted by atomic mass is 32.1. The van der Waals surface area contributed by atoms with Crippen LogP contribution in [0, 0.1) is 0 Å². The Bertz CT molecular complexity index is 942. The summed E-state index contributed by atoms with van der Waals surface area (Å²) in [7, 11) is 3.12. The minimum absolute atomic E-state index is 0.0335. The molecule has 1 aromatic heterocycles. The van der Waals surface area contributed by atoms with Crippen molar-refractivity contribution in [2.45, 2.75) is 19.4 Å². The largest absolute Gasteiger partial charge is 0.493 e. The van der Waals surface area contributed by atoms with Crippen LogP contribution >= 0.6 is 11.3 Å². The quantitative estimate of drug-likeness (QED) is 0.347. The van der Waals surface area contributed by atoms with Gasteiger partial charge in [-0.25, -0.2) is 5.06 Å². The van der Waals surface area contributed by atoms with Gasteiger partial charge in [-0.05, 0) is 23.1 Å². The molecule has 3 aromatic rings. The van der Waals surface area contributed by atoms with E-state index in [4.69, 9.17) is 9.47 Å². The maximum absolute atomic E-state index is 12.5. The maximum atomic E-state index is 12.5. The summed E-state index contributed by atoms with van der Waals surface area (Å²) >= 11 is 1.34. The standard InChI is InChI=1S/C21H21NO5S/c1-26-17-10-15-11-20(28-19(15)12-18(17)27-2)16(23)8-9-21(24)22(25)13-14-6-4-3-5-7-14/h3-7,10-12,25H,8-9,13H2,1-2H3. The Kier molecular flexibility index (Phi) is 6.28. The summed E-state index contributed by atoms with van der Waals surface area (Å²) in [4.78, 5) is 25.2. The van der Waals surface area contributed by atoms with Gasteiger partial charge in [0.15, 0.2) is 17.3 Å². The summed E-state index contributed by atoms with van der Waals surface area (Å²) in [6.45, 7) is 0.0936. The number of benzene rings is 2. The number of amides is 1. The summed E-state index contributed by atoms with van der Waals surface area (Å²) in [6.07, 6.45) is -0.0190. The number of ether oxygens (including phenoxy) is 2. The number of carbonyl (C=O) groups is 2. The lowest BCUT2D eigenvalue weighted by Crippen LogP contribution is -2.27. The fourth-order valence-electron chi connectivity index (χ4n) is 2.82. The molecular weight excluding hydrogens is 378 g/mol. The minimum atomic E-state index is -0.485. The van der Waals surface area contributed by atoms with Crippen LogP contribution in [0.4, 0.5) is 0 Å². The van der Waals surface area contributed by atoms with E-state index in [0.29, 0.717) is 21.4 Å². The molecule has 7 heteroatoms. The highest BCUT2D eigenvalue weighted by Gasteiger charge is 2.17. The molecule has 1 amide bonds. The average molecular weight is 399 g/mol. The lowest BCUT2D eigenvalue weighted by molar-refractivity contribution is -0.167. The van der Waals surface area contributed by atoms with Gasteiger partial charge in [0.05, 0.1) is 25.6 Å². The average Bonchev–Trinajstić information content (AvgIpc) is 3.14. The van der Waals surface area contributed by atoms with Crippen LogP contribution in [0.2, 0.25) is 0 Å². The van der Waals surface area contributed by atoms with Gasteiger partial charge in [-0.3, -0.25) is 14.8 Å². The number of rotatable bonds is 8. The minimum Gasteiger partial charge on any atom is -0.493 e. The van der Waals surface area contributed by atoms with Crippen molar-refractivity contribution in [3.05, 3.63) is 59.0 Å². The van der Waals surface area contributed by atoms with E-state index in [0.717, 1.165) is 15.6 Å². The van der Waals surface area contributed by atoms with Crippen molar-refractivity contribution in [2.24, 2.45) is 0 Å². The van der Waals surface area contributed by atoms with E-state index in [1.54, 1.807) is 20.3 Å². The second-order valence-electron chi connectivity index (χ2n) is 6.22. The number of hydroxylamine groups is 2. The van der Waals surface area contributed by atoms with Gasteiger partial charge in [0, 0.05) is 23.6 Å². The van der Waals surface area contributed by atoms with E-state index in [1.165, 1.54) is 11.3 Å².